The number of nitrogens with one attached hydrogen (secondary N) is 3. The molecular weight excluding hydrogens is 344 g/mol. The minimum Gasteiger partial charge on any atom is -0.395 e. The van der Waals surface area contributed by atoms with E-state index in [1.807, 2.05) is 0 Å². The quantitative estimate of drug-likeness (QED) is 0.429. The average molecular weight is 364 g/mol. The number of nitro groups is 1. The maximum Gasteiger partial charge on any atom is 0.433 e. The topological polar surface area (TPSA) is 109 Å². The standard InChI is InChI=1S/C16H20N4O4S/c21-14(12-1-2-13(24-12)20(22)23)18-19-15(25)17-16-6-9-3-10(7-16)5-11(4-9)8-16/h1-2,9-11H,3-8H2,(H,18,21)(H2,17,19,25). The molecule has 4 aliphatic rings. The molecule has 1 amide bonds. The predicted molar refractivity (Wildman–Crippen MR) is 92.6 cm³/mol. The van der Waals surface area contributed by atoms with E-state index < -0.39 is 16.7 Å². The fourth-order valence-corrected chi connectivity index (χ4v) is 5.53. The van der Waals surface area contributed by atoms with Gasteiger partial charge in [0.15, 0.2) is 5.11 Å². The van der Waals surface area contributed by atoms with Gasteiger partial charge in [0.2, 0.25) is 5.76 Å². The Kier molecular flexibility index (Phi) is 3.90. The largest absolute Gasteiger partial charge is 0.433 e. The van der Waals surface area contributed by atoms with Gasteiger partial charge in [-0.2, -0.15) is 0 Å². The van der Waals surface area contributed by atoms with Gasteiger partial charge in [-0.05, 0) is 74.6 Å². The number of hydrogen-bond acceptors (Lipinski definition) is 5. The van der Waals surface area contributed by atoms with Crippen LogP contribution in [0.1, 0.15) is 49.1 Å². The highest BCUT2D eigenvalue weighted by Gasteiger charge is 2.51. The van der Waals surface area contributed by atoms with Crippen molar-refractivity contribution < 1.29 is 14.1 Å². The number of rotatable bonds is 3. The third-order valence-corrected chi connectivity index (χ3v) is 5.91. The zero-order chi connectivity index (χ0) is 17.6. The molecule has 4 bridgehead atoms. The fourth-order valence-electron chi connectivity index (χ4n) is 5.26. The van der Waals surface area contributed by atoms with E-state index in [1.165, 1.54) is 25.3 Å². The molecule has 1 aromatic heterocycles. The lowest BCUT2D eigenvalue weighted by molar-refractivity contribution is -0.402. The van der Waals surface area contributed by atoms with Crippen LogP contribution in [0, 0.1) is 27.9 Å². The molecule has 5 rings (SSSR count). The Balaban J connectivity index is 1.32. The van der Waals surface area contributed by atoms with Crippen LogP contribution >= 0.6 is 12.2 Å². The molecule has 0 spiro atoms. The van der Waals surface area contributed by atoms with Crippen LogP contribution in [0.3, 0.4) is 0 Å². The minimum absolute atomic E-state index is 0.0486. The summed E-state index contributed by atoms with van der Waals surface area (Å²) < 4.78 is 4.86. The molecule has 8 nitrogen and oxygen atoms in total. The van der Waals surface area contributed by atoms with Crippen LogP contribution in [0.5, 0.6) is 0 Å². The third kappa shape index (κ3) is 3.20. The number of amides is 1. The highest BCUT2D eigenvalue weighted by atomic mass is 32.1. The van der Waals surface area contributed by atoms with Crippen molar-refractivity contribution in [3.63, 3.8) is 0 Å². The SMILES string of the molecule is O=C(NNC(=S)NC12CC3CC(CC(C3)C1)C2)c1ccc([N+](=O)[O-])o1. The Hall–Kier alpha value is -2.16. The van der Waals surface area contributed by atoms with Crippen LogP contribution in [-0.4, -0.2) is 21.5 Å². The molecule has 1 aromatic rings. The van der Waals surface area contributed by atoms with E-state index in [0.717, 1.165) is 43.1 Å². The number of thiocarbonyl (C=S) groups is 1. The number of carbonyl (C=O) groups excluding carboxylic acids is 1. The van der Waals surface area contributed by atoms with Crippen LogP contribution in [0.25, 0.3) is 0 Å². The van der Waals surface area contributed by atoms with Crippen LogP contribution in [0.2, 0.25) is 0 Å². The summed E-state index contributed by atoms with van der Waals surface area (Å²) in [5, 5.41) is 14.4. The van der Waals surface area contributed by atoms with Crippen molar-refractivity contribution in [2.75, 3.05) is 0 Å². The van der Waals surface area contributed by atoms with Crippen molar-refractivity contribution in [3.8, 4) is 0 Å². The lowest BCUT2D eigenvalue weighted by atomic mass is 9.53. The number of hydrogen-bond donors (Lipinski definition) is 3. The monoisotopic (exact) mass is 364 g/mol. The maximum atomic E-state index is 12.0. The Bertz CT molecular complexity index is 696. The van der Waals surface area contributed by atoms with Gasteiger partial charge in [-0.1, -0.05) is 0 Å². The number of furan rings is 1. The van der Waals surface area contributed by atoms with Crippen molar-refractivity contribution in [2.45, 2.75) is 44.1 Å². The van der Waals surface area contributed by atoms with Gasteiger partial charge in [0, 0.05) is 5.54 Å². The van der Waals surface area contributed by atoms with Crippen LogP contribution in [-0.2, 0) is 0 Å². The summed E-state index contributed by atoms with van der Waals surface area (Å²) in [7, 11) is 0. The molecule has 1 heterocycles. The van der Waals surface area contributed by atoms with Crippen molar-refractivity contribution in [1.82, 2.24) is 16.2 Å². The van der Waals surface area contributed by atoms with Crippen LogP contribution < -0.4 is 16.2 Å². The number of hydrazine groups is 1. The van der Waals surface area contributed by atoms with E-state index >= 15 is 0 Å². The Morgan fingerprint density at radius 3 is 2.28 bits per heavy atom. The first-order valence-electron chi connectivity index (χ1n) is 8.55. The van der Waals surface area contributed by atoms with Crippen LogP contribution in [0.4, 0.5) is 5.88 Å². The lowest BCUT2D eigenvalue weighted by Gasteiger charge is -2.57. The molecular formula is C16H20N4O4S. The lowest BCUT2D eigenvalue weighted by Crippen LogP contribution is -2.62. The zero-order valence-corrected chi connectivity index (χ0v) is 14.4. The first-order valence-corrected chi connectivity index (χ1v) is 8.96. The van der Waals surface area contributed by atoms with Gasteiger partial charge in [-0.15, -0.1) is 0 Å². The van der Waals surface area contributed by atoms with Crippen molar-refractivity contribution in [2.24, 2.45) is 17.8 Å². The van der Waals surface area contributed by atoms with E-state index in [0.29, 0.717) is 5.11 Å². The van der Waals surface area contributed by atoms with Gasteiger partial charge in [-0.3, -0.25) is 25.8 Å². The van der Waals surface area contributed by atoms with E-state index in [9.17, 15) is 14.9 Å². The molecule has 0 unspecified atom stereocenters. The first-order chi connectivity index (χ1) is 11.9. The van der Waals surface area contributed by atoms with Crippen molar-refractivity contribution in [3.05, 3.63) is 28.0 Å². The summed E-state index contributed by atoms with van der Waals surface area (Å²) in [6, 6.07) is 2.39. The van der Waals surface area contributed by atoms with Crippen molar-refractivity contribution in [1.29, 1.82) is 0 Å². The predicted octanol–water partition coefficient (Wildman–Crippen LogP) is 2.27. The number of carbonyl (C=O) groups is 1. The van der Waals surface area contributed by atoms with Gasteiger partial charge in [0.05, 0.1) is 6.07 Å². The molecule has 0 atom stereocenters. The average Bonchev–Trinajstić information content (AvgIpc) is 3.01. The molecule has 4 aliphatic carbocycles. The second-order valence-corrected chi connectivity index (χ2v) is 8.03. The Labute approximate surface area is 149 Å². The molecule has 0 radical (unpaired) electrons. The molecule has 4 fully saturated rings. The molecule has 0 aromatic carbocycles. The summed E-state index contributed by atoms with van der Waals surface area (Å²) in [6.07, 6.45) is 7.44. The molecule has 0 aliphatic heterocycles. The summed E-state index contributed by atoms with van der Waals surface area (Å²) in [5.74, 6) is 1.15. The second-order valence-electron chi connectivity index (χ2n) is 7.63. The van der Waals surface area contributed by atoms with Gasteiger partial charge in [0.25, 0.3) is 0 Å². The molecule has 25 heavy (non-hydrogen) atoms. The minimum atomic E-state index is -0.691. The highest BCUT2D eigenvalue weighted by molar-refractivity contribution is 7.80. The van der Waals surface area contributed by atoms with Gasteiger partial charge in [0.1, 0.15) is 4.92 Å². The highest BCUT2D eigenvalue weighted by Crippen LogP contribution is 2.55. The number of nitrogens with zero attached hydrogens (tertiary/aromatic N) is 1. The smallest absolute Gasteiger partial charge is 0.395 e. The summed E-state index contributed by atoms with van der Waals surface area (Å²) in [6.45, 7) is 0. The summed E-state index contributed by atoms with van der Waals surface area (Å²) >= 11 is 5.33. The molecule has 3 N–H and O–H groups in total. The van der Waals surface area contributed by atoms with E-state index in [1.54, 1.807) is 0 Å². The summed E-state index contributed by atoms with van der Waals surface area (Å²) in [5.41, 5.74) is 5.16. The molecule has 9 heteroatoms. The van der Waals surface area contributed by atoms with E-state index in [-0.39, 0.29) is 11.3 Å². The van der Waals surface area contributed by atoms with Crippen LogP contribution in [0.15, 0.2) is 16.5 Å². The van der Waals surface area contributed by atoms with Gasteiger partial charge < -0.3 is 9.73 Å². The normalized spacial score (nSPS) is 32.2. The maximum absolute atomic E-state index is 12.0. The Morgan fingerprint density at radius 2 is 1.76 bits per heavy atom. The molecule has 0 saturated heterocycles. The molecule has 134 valence electrons. The Morgan fingerprint density at radius 1 is 1.16 bits per heavy atom. The fraction of sp³-hybridized carbons (Fsp3) is 0.625. The summed E-state index contributed by atoms with van der Waals surface area (Å²) in [4.78, 5) is 21.9. The van der Waals surface area contributed by atoms with Crippen molar-refractivity contribution >= 4 is 29.1 Å². The first kappa shape index (κ1) is 16.3. The van der Waals surface area contributed by atoms with Gasteiger partial charge in [-0.25, -0.2) is 0 Å². The molecule has 4 saturated carbocycles. The van der Waals surface area contributed by atoms with E-state index in [4.69, 9.17) is 16.6 Å². The zero-order valence-electron chi connectivity index (χ0n) is 13.6. The third-order valence-electron chi connectivity index (χ3n) is 5.70. The van der Waals surface area contributed by atoms with E-state index in [2.05, 4.69) is 16.2 Å². The second kappa shape index (κ2) is 5.98. The van der Waals surface area contributed by atoms with Gasteiger partial charge >= 0.3 is 11.8 Å².